The number of hydrogen-bond donors (Lipinski definition) is 2. The van der Waals surface area contributed by atoms with Crippen LogP contribution in [0.4, 0.5) is 10.7 Å². The van der Waals surface area contributed by atoms with E-state index in [1.54, 1.807) is 36.8 Å². The predicted molar refractivity (Wildman–Crippen MR) is 101 cm³/mol. The van der Waals surface area contributed by atoms with Crippen LogP contribution in [0.25, 0.3) is 11.0 Å². The fourth-order valence-corrected chi connectivity index (χ4v) is 2.92. The molecule has 3 aromatic heterocycles. The van der Waals surface area contributed by atoms with Gasteiger partial charge in [0.2, 0.25) is 10.9 Å². The van der Waals surface area contributed by atoms with Crippen LogP contribution in [0.2, 0.25) is 0 Å². The molecule has 0 aliphatic carbocycles. The molecule has 0 unspecified atom stereocenters. The summed E-state index contributed by atoms with van der Waals surface area (Å²) in [5.41, 5.74) is 6.37. The number of pyridine rings is 2. The molecule has 4 rings (SSSR count). The first kappa shape index (κ1) is 16.7. The maximum absolute atomic E-state index is 12.5. The molecule has 0 saturated carbocycles. The lowest BCUT2D eigenvalue weighted by Gasteiger charge is -1.97. The number of nitrogens with one attached hydrogen (secondary N) is 2. The Morgan fingerprint density at radius 1 is 0.926 bits per heavy atom. The number of fused-ring (bicyclic) bond motifs is 1. The molecule has 9 nitrogen and oxygen atoms in total. The standard InChI is InChI=1S/C17H11N7O2S/c25-13-4-3-12(16(26)15(13)22-20-10-5-8-18-9-6-10)21-23-17-14-11(24-27-17)2-1-7-19-14/h1-9,23H,(H,18,20). The number of anilines is 2. The van der Waals surface area contributed by atoms with Gasteiger partial charge in [0.15, 0.2) is 10.4 Å². The maximum atomic E-state index is 12.5. The summed E-state index contributed by atoms with van der Waals surface area (Å²) in [5.74, 6) is 0. The van der Waals surface area contributed by atoms with Crippen molar-refractivity contribution in [1.29, 1.82) is 0 Å². The van der Waals surface area contributed by atoms with E-state index < -0.39 is 10.9 Å². The topological polar surface area (TPSA) is 122 Å². The van der Waals surface area contributed by atoms with Crippen molar-refractivity contribution in [2.24, 2.45) is 10.2 Å². The van der Waals surface area contributed by atoms with Crippen molar-refractivity contribution in [3.05, 3.63) is 86.1 Å². The van der Waals surface area contributed by atoms with Gasteiger partial charge in [-0.3, -0.25) is 30.4 Å². The van der Waals surface area contributed by atoms with Gasteiger partial charge in [-0.2, -0.15) is 14.6 Å². The molecule has 0 saturated heterocycles. The van der Waals surface area contributed by atoms with E-state index in [1.807, 2.05) is 6.07 Å². The average Bonchev–Trinajstić information content (AvgIpc) is 3.11. The summed E-state index contributed by atoms with van der Waals surface area (Å²) in [6.45, 7) is 0. The van der Waals surface area contributed by atoms with E-state index in [1.165, 1.54) is 23.7 Å². The van der Waals surface area contributed by atoms with Crippen LogP contribution in [-0.2, 0) is 0 Å². The van der Waals surface area contributed by atoms with Gasteiger partial charge in [0, 0.05) is 18.6 Å². The quantitative estimate of drug-likeness (QED) is 0.498. The molecule has 10 heteroatoms. The van der Waals surface area contributed by atoms with Crippen LogP contribution in [0.15, 0.2) is 74.8 Å². The molecular weight excluding hydrogens is 366 g/mol. The third kappa shape index (κ3) is 3.46. The predicted octanol–water partition coefficient (Wildman–Crippen LogP) is 0.538. The SMILES string of the molecule is O=c1ccc(=NNc2snc3cccnc23)c(=O)c1=NNc1ccncc1. The molecule has 1 aromatic carbocycles. The fraction of sp³-hybridized carbons (Fsp3) is 0. The first-order chi connectivity index (χ1) is 13.2. The van der Waals surface area contributed by atoms with Crippen LogP contribution in [0.3, 0.4) is 0 Å². The Kier molecular flexibility index (Phi) is 4.45. The van der Waals surface area contributed by atoms with E-state index in [-0.39, 0.29) is 10.7 Å². The van der Waals surface area contributed by atoms with Gasteiger partial charge < -0.3 is 0 Å². The molecule has 2 N–H and O–H groups in total. The molecule has 0 aliphatic rings. The molecule has 0 atom stereocenters. The van der Waals surface area contributed by atoms with Crippen molar-refractivity contribution >= 4 is 33.3 Å². The summed E-state index contributed by atoms with van der Waals surface area (Å²) in [6.07, 6.45) is 4.78. The van der Waals surface area contributed by atoms with Crippen LogP contribution in [0, 0.1) is 0 Å². The second kappa shape index (κ2) is 7.22. The van der Waals surface area contributed by atoms with Gasteiger partial charge in [-0.25, -0.2) is 0 Å². The van der Waals surface area contributed by atoms with Crippen molar-refractivity contribution in [3.8, 4) is 0 Å². The zero-order valence-electron chi connectivity index (χ0n) is 13.7. The largest absolute Gasteiger partial charge is 0.287 e. The van der Waals surface area contributed by atoms with E-state index in [4.69, 9.17) is 0 Å². The fourth-order valence-electron chi connectivity index (χ4n) is 2.25. The molecule has 0 radical (unpaired) electrons. The van der Waals surface area contributed by atoms with Gasteiger partial charge in [-0.05, 0) is 47.9 Å². The third-order valence-electron chi connectivity index (χ3n) is 3.57. The minimum absolute atomic E-state index is 0.0577. The van der Waals surface area contributed by atoms with Crippen LogP contribution < -0.4 is 32.4 Å². The molecule has 132 valence electrons. The second-order valence-electron chi connectivity index (χ2n) is 5.33. The summed E-state index contributed by atoms with van der Waals surface area (Å²) in [6, 6.07) is 9.54. The van der Waals surface area contributed by atoms with E-state index in [2.05, 4.69) is 35.4 Å². The summed E-state index contributed by atoms with van der Waals surface area (Å²) in [4.78, 5) is 32.6. The Balaban J connectivity index is 1.71. The van der Waals surface area contributed by atoms with Gasteiger partial charge in [0.05, 0.1) is 5.69 Å². The van der Waals surface area contributed by atoms with Crippen molar-refractivity contribution in [3.63, 3.8) is 0 Å². The van der Waals surface area contributed by atoms with E-state index in [9.17, 15) is 9.59 Å². The molecular formula is C17H11N7O2S. The Hall–Kier alpha value is -3.79. The highest BCUT2D eigenvalue weighted by molar-refractivity contribution is 7.11. The highest BCUT2D eigenvalue weighted by atomic mass is 32.1. The van der Waals surface area contributed by atoms with Crippen LogP contribution in [0.1, 0.15) is 0 Å². The summed E-state index contributed by atoms with van der Waals surface area (Å²) in [7, 11) is 0. The van der Waals surface area contributed by atoms with Gasteiger partial charge in [-0.1, -0.05) is 0 Å². The molecule has 0 aliphatic heterocycles. The van der Waals surface area contributed by atoms with Gasteiger partial charge in [0.25, 0.3) is 0 Å². The molecule has 27 heavy (non-hydrogen) atoms. The Morgan fingerprint density at radius 2 is 1.78 bits per heavy atom. The van der Waals surface area contributed by atoms with Crippen LogP contribution >= 0.6 is 11.5 Å². The lowest BCUT2D eigenvalue weighted by atomic mass is 10.3. The molecule has 0 bridgehead atoms. The maximum Gasteiger partial charge on any atom is 0.237 e. The zero-order valence-corrected chi connectivity index (χ0v) is 14.5. The molecule has 4 aromatic rings. The second-order valence-corrected chi connectivity index (χ2v) is 6.10. The first-order valence-corrected chi connectivity index (χ1v) is 8.54. The Bertz CT molecular complexity index is 1330. The van der Waals surface area contributed by atoms with Gasteiger partial charge in [0.1, 0.15) is 16.4 Å². The monoisotopic (exact) mass is 377 g/mol. The summed E-state index contributed by atoms with van der Waals surface area (Å²) < 4.78 is 4.24. The smallest absolute Gasteiger partial charge is 0.237 e. The summed E-state index contributed by atoms with van der Waals surface area (Å²) in [5, 5.41) is 8.42. The van der Waals surface area contributed by atoms with Crippen molar-refractivity contribution < 1.29 is 0 Å². The van der Waals surface area contributed by atoms with Crippen LogP contribution in [-0.4, -0.2) is 14.3 Å². The van der Waals surface area contributed by atoms with E-state index in [0.29, 0.717) is 16.2 Å². The number of nitrogens with zero attached hydrogens (tertiary/aromatic N) is 5. The molecule has 0 amide bonds. The Morgan fingerprint density at radius 3 is 2.63 bits per heavy atom. The minimum atomic E-state index is -0.585. The van der Waals surface area contributed by atoms with Crippen molar-refractivity contribution in [1.82, 2.24) is 14.3 Å². The third-order valence-corrected chi connectivity index (χ3v) is 4.32. The average molecular weight is 377 g/mol. The number of hydrogen-bond acceptors (Lipinski definition) is 10. The number of benzene rings is 1. The molecule has 3 heterocycles. The Labute approximate surface area is 155 Å². The van der Waals surface area contributed by atoms with Crippen molar-refractivity contribution in [2.45, 2.75) is 0 Å². The normalized spacial score (nSPS) is 12.4. The number of aromatic nitrogens is 3. The lowest BCUT2D eigenvalue weighted by Crippen LogP contribution is -2.47. The van der Waals surface area contributed by atoms with Gasteiger partial charge >= 0.3 is 0 Å². The van der Waals surface area contributed by atoms with Crippen LogP contribution in [0.5, 0.6) is 0 Å². The molecule has 0 fully saturated rings. The number of rotatable bonds is 4. The zero-order chi connectivity index (χ0) is 18.6. The van der Waals surface area contributed by atoms with E-state index in [0.717, 1.165) is 5.52 Å². The van der Waals surface area contributed by atoms with Gasteiger partial charge in [-0.15, -0.1) is 0 Å². The highest BCUT2D eigenvalue weighted by Crippen LogP contribution is 2.24. The lowest BCUT2D eigenvalue weighted by molar-refractivity contribution is 1.11. The summed E-state index contributed by atoms with van der Waals surface area (Å²) >= 11 is 1.18. The first-order valence-electron chi connectivity index (χ1n) is 7.77. The highest BCUT2D eigenvalue weighted by Gasteiger charge is 2.06. The minimum Gasteiger partial charge on any atom is -0.287 e. The van der Waals surface area contributed by atoms with Crippen molar-refractivity contribution in [2.75, 3.05) is 10.9 Å². The van der Waals surface area contributed by atoms with E-state index >= 15 is 0 Å². The molecule has 0 spiro atoms.